The van der Waals surface area contributed by atoms with Crippen LogP contribution in [-0.4, -0.2) is 79.7 Å². The van der Waals surface area contributed by atoms with Crippen molar-refractivity contribution in [2.45, 2.75) is 25.1 Å². The number of nitrogens with one attached hydrogen (secondary N) is 1. The van der Waals surface area contributed by atoms with Crippen LogP contribution < -0.4 is 10.1 Å². The summed E-state index contributed by atoms with van der Waals surface area (Å²) in [6.07, 6.45) is -3.45. The van der Waals surface area contributed by atoms with E-state index in [1.54, 1.807) is 4.90 Å². The summed E-state index contributed by atoms with van der Waals surface area (Å²) in [5.41, 5.74) is 1.06. The Morgan fingerprint density at radius 1 is 1.18 bits per heavy atom. The van der Waals surface area contributed by atoms with Crippen molar-refractivity contribution in [3.8, 4) is 5.75 Å². The highest BCUT2D eigenvalue weighted by Crippen LogP contribution is 2.33. The average molecular weight is 503 g/mol. The molecule has 1 aromatic heterocycles. The summed E-state index contributed by atoms with van der Waals surface area (Å²) in [4.78, 5) is 16.8. The number of likely N-dealkylation sites (tertiary alicyclic amines) is 1. The molecule has 3 heterocycles. The lowest BCUT2D eigenvalue weighted by Gasteiger charge is -2.31. The largest absolute Gasteiger partial charge is 0.573 e. The van der Waals surface area contributed by atoms with Gasteiger partial charge in [-0.3, -0.25) is 9.69 Å². The van der Waals surface area contributed by atoms with Crippen LogP contribution in [0.1, 0.15) is 34.8 Å². The Balaban J connectivity index is 1.25. The number of halogens is 4. The standard InChI is InChI=1S/C22H26ClF3N4O4/c23-17-13-16(1-2-19(17)33-22(24,25)26)21(31)30-6-3-15(4-7-30)18-14-20(34-28-18)27-5-8-29-9-11-32-12-10-29/h1-2,13-15,27H,3-12H2. The van der Waals surface area contributed by atoms with Gasteiger partial charge >= 0.3 is 6.36 Å². The second-order valence-electron chi connectivity index (χ2n) is 8.26. The Morgan fingerprint density at radius 2 is 1.91 bits per heavy atom. The van der Waals surface area contributed by atoms with E-state index in [0.29, 0.717) is 31.8 Å². The van der Waals surface area contributed by atoms with E-state index in [0.717, 1.165) is 51.2 Å². The van der Waals surface area contributed by atoms with Crippen LogP contribution in [0.25, 0.3) is 0 Å². The first-order valence-corrected chi connectivity index (χ1v) is 11.5. The van der Waals surface area contributed by atoms with Crippen molar-refractivity contribution in [2.24, 2.45) is 0 Å². The van der Waals surface area contributed by atoms with Gasteiger partial charge < -0.3 is 24.2 Å². The van der Waals surface area contributed by atoms with Crippen LogP contribution >= 0.6 is 11.6 Å². The van der Waals surface area contributed by atoms with E-state index in [2.05, 4.69) is 20.1 Å². The van der Waals surface area contributed by atoms with Gasteiger partial charge in [0.2, 0.25) is 5.88 Å². The molecule has 4 rings (SSSR count). The zero-order valence-electron chi connectivity index (χ0n) is 18.4. The van der Waals surface area contributed by atoms with Crippen LogP contribution in [0.3, 0.4) is 0 Å². The highest BCUT2D eigenvalue weighted by atomic mass is 35.5. The molecular formula is C22H26ClF3N4O4. The van der Waals surface area contributed by atoms with Gasteiger partial charge in [0.15, 0.2) is 0 Å². The summed E-state index contributed by atoms with van der Waals surface area (Å²) in [6.45, 7) is 6.01. The third-order valence-electron chi connectivity index (χ3n) is 5.96. The molecule has 2 saturated heterocycles. The molecule has 8 nitrogen and oxygen atoms in total. The predicted octanol–water partition coefficient (Wildman–Crippen LogP) is 3.99. The highest BCUT2D eigenvalue weighted by Gasteiger charge is 2.32. The molecule has 2 aliphatic rings. The summed E-state index contributed by atoms with van der Waals surface area (Å²) >= 11 is 5.88. The minimum atomic E-state index is -4.85. The lowest BCUT2D eigenvalue weighted by molar-refractivity contribution is -0.274. The summed E-state index contributed by atoms with van der Waals surface area (Å²) in [5.74, 6) is -0.0411. The molecule has 0 spiro atoms. The van der Waals surface area contributed by atoms with Gasteiger partial charge in [0.1, 0.15) is 5.75 Å². The molecule has 0 atom stereocenters. The van der Waals surface area contributed by atoms with Crippen molar-refractivity contribution in [2.75, 3.05) is 57.8 Å². The van der Waals surface area contributed by atoms with Crippen LogP contribution in [0.15, 0.2) is 28.8 Å². The number of ether oxygens (including phenoxy) is 2. The van der Waals surface area contributed by atoms with E-state index in [1.807, 2.05) is 6.07 Å². The molecular weight excluding hydrogens is 477 g/mol. The number of hydrogen-bond acceptors (Lipinski definition) is 7. The molecule has 0 unspecified atom stereocenters. The summed E-state index contributed by atoms with van der Waals surface area (Å²) < 4.78 is 51.8. The zero-order valence-corrected chi connectivity index (χ0v) is 19.2. The van der Waals surface area contributed by atoms with E-state index in [4.69, 9.17) is 20.9 Å². The number of anilines is 1. The highest BCUT2D eigenvalue weighted by molar-refractivity contribution is 6.32. The number of benzene rings is 1. The van der Waals surface area contributed by atoms with Gasteiger partial charge in [0.05, 0.1) is 23.9 Å². The Morgan fingerprint density at radius 3 is 2.59 bits per heavy atom. The Bertz CT molecular complexity index is 973. The lowest BCUT2D eigenvalue weighted by atomic mass is 9.93. The van der Waals surface area contributed by atoms with Crippen molar-refractivity contribution < 1.29 is 32.0 Å². The minimum Gasteiger partial charge on any atom is -0.404 e. The van der Waals surface area contributed by atoms with Crippen molar-refractivity contribution in [3.63, 3.8) is 0 Å². The molecule has 12 heteroatoms. The van der Waals surface area contributed by atoms with E-state index >= 15 is 0 Å². The normalized spacial score (nSPS) is 18.2. The van der Waals surface area contributed by atoms with E-state index in [9.17, 15) is 18.0 Å². The number of amides is 1. The average Bonchev–Trinajstić information content (AvgIpc) is 3.29. The van der Waals surface area contributed by atoms with Crippen LogP contribution in [0.2, 0.25) is 5.02 Å². The van der Waals surface area contributed by atoms with Gasteiger partial charge in [-0.1, -0.05) is 16.8 Å². The molecule has 34 heavy (non-hydrogen) atoms. The van der Waals surface area contributed by atoms with Crippen molar-refractivity contribution in [1.82, 2.24) is 15.0 Å². The maximum atomic E-state index is 12.8. The molecule has 0 radical (unpaired) electrons. The third kappa shape index (κ3) is 6.55. The van der Waals surface area contributed by atoms with E-state index in [1.165, 1.54) is 12.1 Å². The second kappa shape index (κ2) is 10.8. The SMILES string of the molecule is O=C(c1ccc(OC(F)(F)F)c(Cl)c1)N1CCC(c2cc(NCCN3CCOCC3)on2)CC1. The summed E-state index contributed by atoms with van der Waals surface area (Å²) in [6, 6.07) is 5.44. The number of alkyl halides is 3. The summed E-state index contributed by atoms with van der Waals surface area (Å²) in [7, 11) is 0. The maximum Gasteiger partial charge on any atom is 0.573 e. The van der Waals surface area contributed by atoms with Crippen molar-refractivity contribution in [1.29, 1.82) is 0 Å². The molecule has 186 valence electrons. The number of morpholine rings is 1. The topological polar surface area (TPSA) is 80.1 Å². The number of rotatable bonds is 7. The van der Waals surface area contributed by atoms with E-state index in [-0.39, 0.29) is 22.4 Å². The fourth-order valence-electron chi connectivity index (χ4n) is 4.13. The van der Waals surface area contributed by atoms with Gasteiger partial charge in [0.25, 0.3) is 5.91 Å². The molecule has 1 N–H and O–H groups in total. The van der Waals surface area contributed by atoms with Crippen molar-refractivity contribution in [3.05, 3.63) is 40.5 Å². The molecule has 1 aromatic carbocycles. The van der Waals surface area contributed by atoms with Crippen LogP contribution in [0, 0.1) is 0 Å². The Hall–Kier alpha value is -2.50. The molecule has 2 aliphatic heterocycles. The van der Waals surface area contributed by atoms with Gasteiger partial charge in [-0.05, 0) is 31.0 Å². The maximum absolute atomic E-state index is 12.8. The predicted molar refractivity (Wildman–Crippen MR) is 118 cm³/mol. The van der Waals surface area contributed by atoms with Gasteiger partial charge in [0, 0.05) is 56.8 Å². The first-order chi connectivity index (χ1) is 16.3. The minimum absolute atomic E-state index is 0.161. The quantitative estimate of drug-likeness (QED) is 0.613. The number of carbonyl (C=O) groups excluding carboxylic acids is 1. The molecule has 0 aliphatic carbocycles. The lowest BCUT2D eigenvalue weighted by Crippen LogP contribution is -2.38. The van der Waals surface area contributed by atoms with E-state index < -0.39 is 12.1 Å². The number of hydrogen-bond donors (Lipinski definition) is 1. The first kappa shape index (κ1) is 24.6. The van der Waals surface area contributed by atoms with Gasteiger partial charge in [-0.2, -0.15) is 0 Å². The third-order valence-corrected chi connectivity index (χ3v) is 6.26. The monoisotopic (exact) mass is 502 g/mol. The van der Waals surface area contributed by atoms with Crippen molar-refractivity contribution >= 4 is 23.4 Å². The Kier molecular flexibility index (Phi) is 7.84. The zero-order chi connectivity index (χ0) is 24.1. The second-order valence-corrected chi connectivity index (χ2v) is 8.66. The summed E-state index contributed by atoms with van der Waals surface area (Å²) in [5, 5.41) is 7.17. The number of piperidine rings is 1. The number of aromatic nitrogens is 1. The first-order valence-electron chi connectivity index (χ1n) is 11.1. The molecule has 0 saturated carbocycles. The molecule has 2 fully saturated rings. The van der Waals surface area contributed by atoms with Crippen LogP contribution in [0.5, 0.6) is 5.75 Å². The fraction of sp³-hybridized carbons (Fsp3) is 0.545. The van der Waals surface area contributed by atoms with Gasteiger partial charge in [-0.25, -0.2) is 0 Å². The molecule has 2 aromatic rings. The van der Waals surface area contributed by atoms with Gasteiger partial charge in [-0.15, -0.1) is 13.2 Å². The molecule has 1 amide bonds. The smallest absolute Gasteiger partial charge is 0.404 e. The van der Waals surface area contributed by atoms with Crippen LogP contribution in [0.4, 0.5) is 19.1 Å². The van der Waals surface area contributed by atoms with Crippen LogP contribution in [-0.2, 0) is 4.74 Å². The molecule has 0 bridgehead atoms. The Labute approximate surface area is 199 Å². The fourth-order valence-corrected chi connectivity index (χ4v) is 4.35. The number of nitrogens with zero attached hydrogens (tertiary/aromatic N) is 3. The number of carbonyl (C=O) groups is 1.